The molecule has 0 spiro atoms. The number of rotatable bonds is 6. The van der Waals surface area contributed by atoms with Crippen molar-refractivity contribution in [2.45, 2.75) is 38.6 Å². The quantitative estimate of drug-likeness (QED) is 0.492. The molecule has 3 N–H and O–H groups in total. The van der Waals surface area contributed by atoms with Gasteiger partial charge in [-0.25, -0.2) is 0 Å². The van der Waals surface area contributed by atoms with Crippen molar-refractivity contribution in [3.63, 3.8) is 0 Å². The van der Waals surface area contributed by atoms with Crippen molar-refractivity contribution in [2.75, 3.05) is 0 Å². The van der Waals surface area contributed by atoms with Crippen LogP contribution in [0.3, 0.4) is 0 Å². The van der Waals surface area contributed by atoms with Crippen LogP contribution < -0.4 is 11.1 Å². The van der Waals surface area contributed by atoms with Crippen LogP contribution in [0.15, 0.2) is 12.7 Å². The molecule has 0 bridgehead atoms. The second kappa shape index (κ2) is 7.10. The summed E-state index contributed by atoms with van der Waals surface area (Å²) in [5.41, 5.74) is 5.38. The summed E-state index contributed by atoms with van der Waals surface area (Å²) in [5.74, 6) is 0. The Bertz CT molecular complexity index is 145. The van der Waals surface area contributed by atoms with Crippen molar-refractivity contribution >= 4 is 17.3 Å². The Kier molecular flexibility index (Phi) is 6.76. The number of nitrogens with two attached hydrogens (primary N) is 1. The van der Waals surface area contributed by atoms with Crippen LogP contribution in [0.25, 0.3) is 0 Å². The van der Waals surface area contributed by atoms with Crippen LogP contribution in [0.5, 0.6) is 0 Å². The van der Waals surface area contributed by atoms with Gasteiger partial charge < -0.3 is 11.1 Å². The molecule has 0 rings (SSSR count). The highest BCUT2D eigenvalue weighted by Crippen LogP contribution is 2.04. The highest BCUT2D eigenvalue weighted by molar-refractivity contribution is 7.80. The maximum atomic E-state index is 5.38. The molecule has 1 atom stereocenters. The molecule has 0 aliphatic rings. The second-order valence-corrected chi connectivity index (χ2v) is 3.31. The van der Waals surface area contributed by atoms with Gasteiger partial charge in [0.15, 0.2) is 5.11 Å². The van der Waals surface area contributed by atoms with E-state index in [1.165, 1.54) is 12.8 Å². The zero-order chi connectivity index (χ0) is 9.40. The minimum atomic E-state index is 0.375. The van der Waals surface area contributed by atoms with E-state index in [4.69, 9.17) is 18.0 Å². The van der Waals surface area contributed by atoms with E-state index in [9.17, 15) is 0 Å². The minimum Gasteiger partial charge on any atom is -0.376 e. The molecular weight excluding hydrogens is 168 g/mol. The fourth-order valence-corrected chi connectivity index (χ4v) is 1.27. The third kappa shape index (κ3) is 6.16. The number of unbranched alkanes of at least 4 members (excludes halogenated alkanes) is 1. The van der Waals surface area contributed by atoms with E-state index in [-0.39, 0.29) is 0 Å². The molecule has 0 aliphatic carbocycles. The lowest BCUT2D eigenvalue weighted by Gasteiger charge is -2.16. The first-order valence-corrected chi connectivity index (χ1v) is 4.78. The Hall–Kier alpha value is -0.570. The Morgan fingerprint density at radius 1 is 1.75 bits per heavy atom. The van der Waals surface area contributed by atoms with E-state index < -0.39 is 0 Å². The summed E-state index contributed by atoms with van der Waals surface area (Å²) >= 11 is 4.77. The van der Waals surface area contributed by atoms with Crippen molar-refractivity contribution < 1.29 is 0 Å². The SMILES string of the molecule is C=CCC(CCCC)NC(N)=S. The second-order valence-electron chi connectivity index (χ2n) is 2.87. The topological polar surface area (TPSA) is 38.0 Å². The van der Waals surface area contributed by atoms with Gasteiger partial charge in [-0.2, -0.15) is 0 Å². The summed E-state index contributed by atoms with van der Waals surface area (Å²) in [6, 6.07) is 0.375. The van der Waals surface area contributed by atoms with Crippen LogP contribution in [0.1, 0.15) is 32.6 Å². The maximum Gasteiger partial charge on any atom is 0.163 e. The zero-order valence-electron chi connectivity index (χ0n) is 7.68. The molecule has 0 saturated carbocycles. The Labute approximate surface area is 80.2 Å². The lowest BCUT2D eigenvalue weighted by atomic mass is 10.1. The normalized spacial score (nSPS) is 12.1. The molecule has 0 aromatic rings. The van der Waals surface area contributed by atoms with Crippen LogP contribution in [0.2, 0.25) is 0 Å². The van der Waals surface area contributed by atoms with E-state index in [1.54, 1.807) is 0 Å². The Balaban J connectivity index is 3.68. The molecule has 0 heterocycles. The predicted octanol–water partition coefficient (Wildman–Crippen LogP) is 1.95. The van der Waals surface area contributed by atoms with Crippen molar-refractivity contribution in [1.29, 1.82) is 0 Å². The lowest BCUT2D eigenvalue weighted by Crippen LogP contribution is -2.38. The monoisotopic (exact) mass is 186 g/mol. The largest absolute Gasteiger partial charge is 0.376 e. The Morgan fingerprint density at radius 2 is 2.42 bits per heavy atom. The van der Waals surface area contributed by atoms with E-state index in [0.717, 1.165) is 12.8 Å². The molecule has 0 amide bonds. The fraction of sp³-hybridized carbons (Fsp3) is 0.667. The fourth-order valence-electron chi connectivity index (χ4n) is 1.10. The first kappa shape index (κ1) is 11.4. The highest BCUT2D eigenvalue weighted by atomic mass is 32.1. The van der Waals surface area contributed by atoms with Gasteiger partial charge in [-0.05, 0) is 25.1 Å². The van der Waals surface area contributed by atoms with Crippen molar-refractivity contribution in [1.82, 2.24) is 5.32 Å². The van der Waals surface area contributed by atoms with E-state index in [1.807, 2.05) is 6.08 Å². The molecule has 0 aliphatic heterocycles. The molecule has 0 fully saturated rings. The van der Waals surface area contributed by atoms with Gasteiger partial charge >= 0.3 is 0 Å². The number of hydrogen-bond acceptors (Lipinski definition) is 1. The summed E-state index contributed by atoms with van der Waals surface area (Å²) in [6.45, 7) is 5.86. The van der Waals surface area contributed by atoms with Crippen molar-refractivity contribution in [2.24, 2.45) is 5.73 Å². The van der Waals surface area contributed by atoms with Gasteiger partial charge in [0, 0.05) is 6.04 Å². The molecule has 0 aromatic carbocycles. The van der Waals surface area contributed by atoms with Crippen molar-refractivity contribution in [3.05, 3.63) is 12.7 Å². The third-order valence-electron chi connectivity index (χ3n) is 1.70. The average Bonchev–Trinajstić information content (AvgIpc) is 2.00. The number of hydrogen-bond donors (Lipinski definition) is 2. The first-order chi connectivity index (χ1) is 5.70. The van der Waals surface area contributed by atoms with Crippen LogP contribution >= 0.6 is 12.2 Å². The van der Waals surface area contributed by atoms with Gasteiger partial charge in [-0.3, -0.25) is 0 Å². The summed E-state index contributed by atoms with van der Waals surface area (Å²) in [7, 11) is 0. The van der Waals surface area contributed by atoms with Gasteiger partial charge in [0.05, 0.1) is 0 Å². The molecule has 70 valence electrons. The molecule has 2 nitrogen and oxygen atoms in total. The molecule has 12 heavy (non-hydrogen) atoms. The van der Waals surface area contributed by atoms with Gasteiger partial charge in [-0.1, -0.05) is 25.8 Å². The molecule has 3 heteroatoms. The number of nitrogens with one attached hydrogen (secondary N) is 1. The van der Waals surface area contributed by atoms with E-state index in [2.05, 4.69) is 18.8 Å². The van der Waals surface area contributed by atoms with Crippen molar-refractivity contribution in [3.8, 4) is 0 Å². The van der Waals surface area contributed by atoms with Gasteiger partial charge in [-0.15, -0.1) is 6.58 Å². The highest BCUT2D eigenvalue weighted by Gasteiger charge is 2.04. The first-order valence-electron chi connectivity index (χ1n) is 4.37. The summed E-state index contributed by atoms with van der Waals surface area (Å²) in [4.78, 5) is 0. The molecular formula is C9H18N2S. The molecule has 1 unspecified atom stereocenters. The summed E-state index contributed by atoms with van der Waals surface area (Å²) in [6.07, 6.45) is 6.34. The minimum absolute atomic E-state index is 0.375. The van der Waals surface area contributed by atoms with Crippen LogP contribution in [-0.4, -0.2) is 11.2 Å². The number of thiocarbonyl (C=S) groups is 1. The Morgan fingerprint density at radius 3 is 2.83 bits per heavy atom. The third-order valence-corrected chi connectivity index (χ3v) is 1.82. The van der Waals surface area contributed by atoms with Crippen LogP contribution in [0, 0.1) is 0 Å². The molecule has 0 radical (unpaired) electrons. The van der Waals surface area contributed by atoms with Gasteiger partial charge in [0.1, 0.15) is 0 Å². The molecule has 0 saturated heterocycles. The average molecular weight is 186 g/mol. The van der Waals surface area contributed by atoms with Gasteiger partial charge in [0.25, 0.3) is 0 Å². The van der Waals surface area contributed by atoms with E-state index in [0.29, 0.717) is 11.2 Å². The van der Waals surface area contributed by atoms with Crippen LogP contribution in [-0.2, 0) is 0 Å². The smallest absolute Gasteiger partial charge is 0.163 e. The summed E-state index contributed by atoms with van der Waals surface area (Å²) in [5, 5.41) is 3.44. The van der Waals surface area contributed by atoms with Crippen LogP contribution in [0.4, 0.5) is 0 Å². The summed E-state index contributed by atoms with van der Waals surface area (Å²) < 4.78 is 0. The van der Waals surface area contributed by atoms with E-state index >= 15 is 0 Å². The lowest BCUT2D eigenvalue weighted by molar-refractivity contribution is 0.538. The van der Waals surface area contributed by atoms with Gasteiger partial charge in [0.2, 0.25) is 0 Å². The maximum absolute atomic E-state index is 5.38. The predicted molar refractivity (Wildman–Crippen MR) is 58.0 cm³/mol. The molecule has 0 aromatic heterocycles. The standard InChI is InChI=1S/C9H18N2S/c1-3-5-7-8(6-4-2)11-9(10)12/h4,8H,2-3,5-7H2,1H3,(H3,10,11,12). The zero-order valence-corrected chi connectivity index (χ0v) is 8.49.